The van der Waals surface area contributed by atoms with Crippen molar-refractivity contribution in [2.24, 2.45) is 0 Å². The van der Waals surface area contributed by atoms with Gasteiger partial charge in [-0.2, -0.15) is 0 Å². The molecular formula is C6H7BrN2. The normalized spacial score (nSPS) is 13.8. The van der Waals surface area contributed by atoms with Gasteiger partial charge in [0.25, 0.3) is 0 Å². The Bertz CT molecular complexity index is 316. The molecule has 2 nitrogen and oxygen atoms in total. The lowest BCUT2D eigenvalue weighted by molar-refractivity contribution is 1.28. The zero-order chi connectivity index (χ0) is 9.30. The quantitative estimate of drug-likeness (QED) is 0.731. The summed E-state index contributed by atoms with van der Waals surface area (Å²) in [6, 6.07) is 0.0532. The van der Waals surface area contributed by atoms with Crippen molar-refractivity contribution in [1.29, 1.82) is 0 Å². The largest absolute Gasteiger partial charge is 0.373 e. The topological polar surface area (TPSA) is 24.9 Å². The van der Waals surface area contributed by atoms with Crippen molar-refractivity contribution in [2.75, 3.05) is 12.4 Å². The van der Waals surface area contributed by atoms with Crippen LogP contribution in [0.4, 0.5) is 5.82 Å². The second kappa shape index (κ2) is 2.82. The Labute approximate surface area is 66.6 Å². The van der Waals surface area contributed by atoms with Gasteiger partial charge in [-0.15, -0.1) is 0 Å². The molecule has 0 aliphatic heterocycles. The van der Waals surface area contributed by atoms with Crippen LogP contribution >= 0.6 is 15.9 Å². The number of nitrogens with zero attached hydrogens (tertiary/aromatic N) is 1. The number of nitrogens with one attached hydrogen (secondary N) is 1. The Morgan fingerprint density at radius 1 is 1.89 bits per heavy atom. The molecule has 1 aromatic rings. The van der Waals surface area contributed by atoms with Crippen molar-refractivity contribution < 1.29 is 4.11 Å². The molecule has 0 aliphatic carbocycles. The molecule has 0 radical (unpaired) electrons. The first-order valence-electron chi connectivity index (χ1n) is 3.89. The van der Waals surface area contributed by atoms with Crippen molar-refractivity contribution >= 4 is 21.7 Å². The van der Waals surface area contributed by atoms with Crippen molar-refractivity contribution in [3.05, 3.63) is 22.7 Å². The molecule has 0 spiro atoms. The monoisotopic (exact) mass is 189 g/mol. The third-order valence-electron chi connectivity index (χ3n) is 0.798. The van der Waals surface area contributed by atoms with E-state index in [4.69, 9.17) is 4.11 Å². The highest BCUT2D eigenvalue weighted by Gasteiger charge is 1.87. The minimum atomic E-state index is -0.137. The lowest BCUT2D eigenvalue weighted by atomic mass is 10.5. The fourth-order valence-electron chi connectivity index (χ4n) is 0.414. The lowest BCUT2D eigenvalue weighted by Crippen LogP contribution is -1.89. The fraction of sp³-hybridized carbons (Fsp3) is 0.167. The van der Waals surface area contributed by atoms with E-state index < -0.39 is 0 Å². The summed E-state index contributed by atoms with van der Waals surface area (Å²) in [6.45, 7) is 0. The molecule has 0 bridgehead atoms. The SMILES string of the molecule is [2H]c1nc(NC)c([2H])c(Br)c1[2H]. The van der Waals surface area contributed by atoms with E-state index in [1.54, 1.807) is 7.05 Å². The molecule has 48 valence electrons. The van der Waals surface area contributed by atoms with Crippen LogP contribution in [0.5, 0.6) is 0 Å². The Morgan fingerprint density at radius 2 is 2.67 bits per heavy atom. The van der Waals surface area contributed by atoms with Crippen LogP contribution in [-0.4, -0.2) is 12.0 Å². The van der Waals surface area contributed by atoms with E-state index in [0.717, 1.165) is 0 Å². The van der Waals surface area contributed by atoms with Gasteiger partial charge in [0, 0.05) is 17.7 Å². The fourth-order valence-corrected chi connectivity index (χ4v) is 0.691. The van der Waals surface area contributed by atoms with E-state index in [9.17, 15) is 0 Å². The van der Waals surface area contributed by atoms with E-state index in [2.05, 4.69) is 26.2 Å². The van der Waals surface area contributed by atoms with Crippen LogP contribution in [0.2, 0.25) is 0 Å². The zero-order valence-corrected chi connectivity index (χ0v) is 6.41. The number of rotatable bonds is 1. The Balaban J connectivity index is 3.39. The summed E-state index contributed by atoms with van der Waals surface area (Å²) in [6.07, 6.45) is -0.137. The molecular weight excluding hydrogens is 180 g/mol. The van der Waals surface area contributed by atoms with Crippen molar-refractivity contribution in [3.8, 4) is 0 Å². The molecule has 0 fully saturated rings. The van der Waals surface area contributed by atoms with Gasteiger partial charge in [-0.1, -0.05) is 15.9 Å². The summed E-state index contributed by atoms with van der Waals surface area (Å²) >= 11 is 3.05. The highest BCUT2D eigenvalue weighted by Crippen LogP contribution is 2.11. The standard InChI is InChI=1S/C6H7BrN2/c1-8-6-4-5(7)2-3-9-6/h2-4H,1H3,(H,8,9)/i2D,3D,4D. The molecule has 0 amide bonds. The highest BCUT2D eigenvalue weighted by molar-refractivity contribution is 9.10. The summed E-state index contributed by atoms with van der Waals surface area (Å²) in [5, 5.41) is 2.67. The Kier molecular flexibility index (Phi) is 1.12. The number of hydrogen-bond acceptors (Lipinski definition) is 2. The first-order chi connectivity index (χ1) is 5.57. The highest BCUT2D eigenvalue weighted by atomic mass is 79.9. The minimum Gasteiger partial charge on any atom is -0.373 e. The van der Waals surface area contributed by atoms with Crippen molar-refractivity contribution in [2.45, 2.75) is 0 Å². The second-order valence-electron chi connectivity index (χ2n) is 1.39. The molecule has 1 N–H and O–H groups in total. The minimum absolute atomic E-state index is 0.0565. The van der Waals surface area contributed by atoms with E-state index >= 15 is 0 Å². The molecule has 0 aliphatic rings. The average molecular weight is 190 g/mol. The van der Waals surface area contributed by atoms with E-state index in [1.165, 1.54) is 0 Å². The predicted octanol–water partition coefficient (Wildman–Crippen LogP) is 1.89. The Morgan fingerprint density at radius 3 is 3.33 bits per heavy atom. The van der Waals surface area contributed by atoms with Crippen molar-refractivity contribution in [3.63, 3.8) is 0 Å². The molecule has 0 saturated carbocycles. The molecule has 0 unspecified atom stereocenters. The van der Waals surface area contributed by atoms with Gasteiger partial charge < -0.3 is 5.32 Å². The van der Waals surface area contributed by atoms with Crippen LogP contribution in [0.25, 0.3) is 0 Å². The van der Waals surface area contributed by atoms with E-state index in [-0.39, 0.29) is 18.3 Å². The van der Waals surface area contributed by atoms with Gasteiger partial charge in [0.1, 0.15) is 5.82 Å². The van der Waals surface area contributed by atoms with Gasteiger partial charge in [0.05, 0.1) is 4.11 Å². The molecule has 9 heavy (non-hydrogen) atoms. The van der Waals surface area contributed by atoms with Crippen LogP contribution in [0.3, 0.4) is 0 Å². The molecule has 3 heteroatoms. The average Bonchev–Trinajstić information content (AvgIpc) is 2.08. The van der Waals surface area contributed by atoms with Gasteiger partial charge in [-0.25, -0.2) is 4.98 Å². The number of aromatic nitrogens is 1. The maximum absolute atomic E-state index is 7.46. The Hall–Kier alpha value is -0.570. The molecule has 1 heterocycles. The van der Waals surface area contributed by atoms with Gasteiger partial charge >= 0.3 is 0 Å². The van der Waals surface area contributed by atoms with Crippen LogP contribution in [0.1, 0.15) is 4.11 Å². The number of anilines is 1. The predicted molar refractivity (Wildman–Crippen MR) is 41.5 cm³/mol. The van der Waals surface area contributed by atoms with Crippen LogP contribution in [0, 0.1) is 0 Å². The number of halogens is 1. The van der Waals surface area contributed by atoms with Gasteiger partial charge in [0.2, 0.25) is 0 Å². The third-order valence-corrected chi connectivity index (χ3v) is 1.19. The second-order valence-corrected chi connectivity index (χ2v) is 2.18. The van der Waals surface area contributed by atoms with Gasteiger partial charge in [-0.05, 0) is 12.1 Å². The van der Waals surface area contributed by atoms with Gasteiger partial charge in [0.15, 0.2) is 0 Å². The van der Waals surface area contributed by atoms with Crippen LogP contribution in [0.15, 0.2) is 22.7 Å². The first-order valence-corrected chi connectivity index (χ1v) is 3.18. The van der Waals surface area contributed by atoms with Crippen molar-refractivity contribution in [1.82, 2.24) is 4.98 Å². The summed E-state index contributed by atoms with van der Waals surface area (Å²) < 4.78 is 22.3. The van der Waals surface area contributed by atoms with Crippen LogP contribution in [-0.2, 0) is 0 Å². The third kappa shape index (κ3) is 1.68. The summed E-state index contributed by atoms with van der Waals surface area (Å²) in [4.78, 5) is 3.70. The van der Waals surface area contributed by atoms with Crippen LogP contribution < -0.4 is 5.32 Å². The van der Waals surface area contributed by atoms with E-state index in [1.807, 2.05) is 0 Å². The molecule has 0 saturated heterocycles. The lowest BCUT2D eigenvalue weighted by Gasteiger charge is -1.96. The summed E-state index contributed by atoms with van der Waals surface area (Å²) in [7, 11) is 1.62. The molecule has 0 atom stereocenters. The van der Waals surface area contributed by atoms with Gasteiger partial charge in [-0.3, -0.25) is 0 Å². The van der Waals surface area contributed by atoms with E-state index in [0.29, 0.717) is 10.3 Å². The molecule has 0 aromatic carbocycles. The first kappa shape index (κ1) is 3.56. The summed E-state index contributed by atoms with van der Waals surface area (Å²) in [5.74, 6) is 0.308. The summed E-state index contributed by atoms with van der Waals surface area (Å²) in [5.41, 5.74) is 0. The maximum Gasteiger partial charge on any atom is 0.126 e. The smallest absolute Gasteiger partial charge is 0.126 e. The molecule has 1 aromatic heterocycles. The number of pyridine rings is 1. The number of hydrogen-bond donors (Lipinski definition) is 1. The zero-order valence-electron chi connectivity index (χ0n) is 7.83. The molecule has 1 rings (SSSR count). The maximum atomic E-state index is 7.46.